The van der Waals surface area contributed by atoms with Gasteiger partial charge in [-0.15, -0.1) is 0 Å². The number of carboxylic acid groups (broad SMARTS) is 1. The van der Waals surface area contributed by atoms with E-state index >= 15 is 0 Å². The van der Waals surface area contributed by atoms with Gasteiger partial charge in [0.05, 0.1) is 5.56 Å². The monoisotopic (exact) mass is 220 g/mol. The second-order valence-corrected chi connectivity index (χ2v) is 4.10. The van der Waals surface area contributed by atoms with E-state index in [4.69, 9.17) is 5.11 Å². The van der Waals surface area contributed by atoms with Crippen molar-refractivity contribution in [2.75, 3.05) is 24.5 Å². The van der Waals surface area contributed by atoms with Gasteiger partial charge < -0.3 is 15.3 Å². The Morgan fingerprint density at radius 3 is 3.06 bits per heavy atom. The molecule has 0 unspecified atom stereocenters. The lowest BCUT2D eigenvalue weighted by molar-refractivity contribution is 0.0697. The van der Waals surface area contributed by atoms with Gasteiger partial charge in [0.15, 0.2) is 0 Å². The summed E-state index contributed by atoms with van der Waals surface area (Å²) >= 11 is 0. The van der Waals surface area contributed by atoms with Gasteiger partial charge in [0.1, 0.15) is 0 Å². The van der Waals surface area contributed by atoms with Crippen molar-refractivity contribution < 1.29 is 9.90 Å². The van der Waals surface area contributed by atoms with Crippen LogP contribution in [0.2, 0.25) is 0 Å². The fourth-order valence-corrected chi connectivity index (χ4v) is 2.04. The molecule has 86 valence electrons. The van der Waals surface area contributed by atoms with Crippen molar-refractivity contribution in [1.82, 2.24) is 5.32 Å². The third-order valence-electron chi connectivity index (χ3n) is 2.93. The molecular formula is C12H16N2O2. The summed E-state index contributed by atoms with van der Waals surface area (Å²) in [6.07, 6.45) is 0. The van der Waals surface area contributed by atoms with E-state index in [-0.39, 0.29) is 0 Å². The number of nitrogens with zero attached hydrogens (tertiary/aromatic N) is 1. The normalized spacial score (nSPS) is 20.8. The predicted octanol–water partition coefficient (Wildman–Crippen LogP) is 1.18. The summed E-state index contributed by atoms with van der Waals surface area (Å²) in [5, 5.41) is 12.3. The molecule has 4 nitrogen and oxygen atoms in total. The van der Waals surface area contributed by atoms with Gasteiger partial charge in [0, 0.05) is 31.4 Å². The van der Waals surface area contributed by atoms with Gasteiger partial charge in [-0.05, 0) is 25.1 Å². The predicted molar refractivity (Wildman–Crippen MR) is 63.1 cm³/mol. The zero-order valence-electron chi connectivity index (χ0n) is 9.31. The summed E-state index contributed by atoms with van der Waals surface area (Å²) in [6, 6.07) is 7.53. The average molecular weight is 220 g/mol. The van der Waals surface area contributed by atoms with Gasteiger partial charge in [-0.25, -0.2) is 4.79 Å². The summed E-state index contributed by atoms with van der Waals surface area (Å²) < 4.78 is 0. The zero-order chi connectivity index (χ0) is 11.5. The Bertz CT molecular complexity index is 392. The minimum absolute atomic E-state index is 0.350. The maximum Gasteiger partial charge on any atom is 0.335 e. The highest BCUT2D eigenvalue weighted by molar-refractivity contribution is 5.88. The summed E-state index contributed by atoms with van der Waals surface area (Å²) in [7, 11) is 0. The number of carbonyl (C=O) groups is 1. The van der Waals surface area contributed by atoms with E-state index in [0.717, 1.165) is 25.3 Å². The van der Waals surface area contributed by atoms with Crippen LogP contribution in [0.25, 0.3) is 0 Å². The second-order valence-electron chi connectivity index (χ2n) is 4.10. The maximum absolute atomic E-state index is 10.9. The van der Waals surface area contributed by atoms with E-state index in [0.29, 0.717) is 11.6 Å². The molecule has 0 radical (unpaired) electrons. The van der Waals surface area contributed by atoms with Crippen LogP contribution in [0, 0.1) is 0 Å². The average Bonchev–Trinajstić information content (AvgIpc) is 2.30. The third-order valence-corrected chi connectivity index (χ3v) is 2.93. The third kappa shape index (κ3) is 2.17. The molecule has 1 aliphatic rings. The van der Waals surface area contributed by atoms with Crippen molar-refractivity contribution in [2.45, 2.75) is 13.0 Å². The maximum atomic E-state index is 10.9. The van der Waals surface area contributed by atoms with Crippen molar-refractivity contribution in [3.05, 3.63) is 29.8 Å². The SMILES string of the molecule is C[C@@H]1CNCCN1c1cccc(C(=O)O)c1. The van der Waals surface area contributed by atoms with E-state index < -0.39 is 5.97 Å². The number of benzene rings is 1. The molecule has 0 bridgehead atoms. The number of nitrogens with one attached hydrogen (secondary N) is 1. The largest absolute Gasteiger partial charge is 0.478 e. The van der Waals surface area contributed by atoms with Crippen molar-refractivity contribution >= 4 is 11.7 Å². The van der Waals surface area contributed by atoms with Crippen LogP contribution in [-0.4, -0.2) is 36.8 Å². The van der Waals surface area contributed by atoms with Crippen LogP contribution in [-0.2, 0) is 0 Å². The Morgan fingerprint density at radius 1 is 1.56 bits per heavy atom. The smallest absolute Gasteiger partial charge is 0.335 e. The minimum atomic E-state index is -0.871. The first-order valence-corrected chi connectivity index (χ1v) is 5.49. The molecule has 1 aromatic carbocycles. The van der Waals surface area contributed by atoms with Crippen LogP contribution in [0.4, 0.5) is 5.69 Å². The van der Waals surface area contributed by atoms with Crippen molar-refractivity contribution in [2.24, 2.45) is 0 Å². The Labute approximate surface area is 94.9 Å². The topological polar surface area (TPSA) is 52.6 Å². The van der Waals surface area contributed by atoms with E-state index in [1.54, 1.807) is 18.2 Å². The van der Waals surface area contributed by atoms with Crippen LogP contribution < -0.4 is 10.2 Å². The molecule has 1 saturated heterocycles. The molecule has 0 aromatic heterocycles. The molecule has 2 rings (SSSR count). The second kappa shape index (κ2) is 4.53. The highest BCUT2D eigenvalue weighted by Gasteiger charge is 2.18. The lowest BCUT2D eigenvalue weighted by Gasteiger charge is -2.36. The van der Waals surface area contributed by atoms with Gasteiger partial charge >= 0.3 is 5.97 Å². The van der Waals surface area contributed by atoms with E-state index in [2.05, 4.69) is 17.1 Å². The summed E-state index contributed by atoms with van der Waals surface area (Å²) in [5.74, 6) is -0.871. The first kappa shape index (κ1) is 11.0. The van der Waals surface area contributed by atoms with E-state index in [1.165, 1.54) is 0 Å². The quantitative estimate of drug-likeness (QED) is 0.786. The standard InChI is InChI=1S/C12H16N2O2/c1-9-8-13-5-6-14(9)11-4-2-3-10(7-11)12(15)16/h2-4,7,9,13H,5-6,8H2,1H3,(H,15,16)/t9-/m1/s1. The first-order valence-electron chi connectivity index (χ1n) is 5.49. The molecular weight excluding hydrogens is 204 g/mol. The molecule has 0 aliphatic carbocycles. The van der Waals surface area contributed by atoms with Crippen LogP contribution in [0.15, 0.2) is 24.3 Å². The van der Waals surface area contributed by atoms with Crippen molar-refractivity contribution in [3.63, 3.8) is 0 Å². The number of piperazine rings is 1. The molecule has 1 heterocycles. The molecule has 2 N–H and O–H groups in total. The molecule has 0 spiro atoms. The molecule has 1 fully saturated rings. The van der Waals surface area contributed by atoms with E-state index in [9.17, 15) is 4.79 Å². The number of rotatable bonds is 2. The van der Waals surface area contributed by atoms with E-state index in [1.807, 2.05) is 6.07 Å². The number of aromatic carboxylic acids is 1. The molecule has 1 aromatic rings. The van der Waals surface area contributed by atoms with Crippen LogP contribution in [0.3, 0.4) is 0 Å². The molecule has 4 heteroatoms. The Hall–Kier alpha value is -1.55. The van der Waals surface area contributed by atoms with Gasteiger partial charge in [-0.2, -0.15) is 0 Å². The van der Waals surface area contributed by atoms with Gasteiger partial charge in [0.25, 0.3) is 0 Å². The Balaban J connectivity index is 2.25. The van der Waals surface area contributed by atoms with Crippen LogP contribution >= 0.6 is 0 Å². The van der Waals surface area contributed by atoms with Crippen molar-refractivity contribution in [1.29, 1.82) is 0 Å². The summed E-state index contributed by atoms with van der Waals surface area (Å²) in [4.78, 5) is 13.1. The zero-order valence-corrected chi connectivity index (χ0v) is 9.31. The Kier molecular flexibility index (Phi) is 3.10. The molecule has 0 amide bonds. The molecule has 16 heavy (non-hydrogen) atoms. The number of anilines is 1. The van der Waals surface area contributed by atoms with Gasteiger partial charge in [-0.3, -0.25) is 0 Å². The van der Waals surface area contributed by atoms with Crippen molar-refractivity contribution in [3.8, 4) is 0 Å². The summed E-state index contributed by atoms with van der Waals surface area (Å²) in [6.45, 7) is 4.95. The fraction of sp³-hybridized carbons (Fsp3) is 0.417. The molecule has 1 atom stereocenters. The van der Waals surface area contributed by atoms with Gasteiger partial charge in [0.2, 0.25) is 0 Å². The summed E-state index contributed by atoms with van der Waals surface area (Å²) in [5.41, 5.74) is 1.34. The van der Waals surface area contributed by atoms with Crippen LogP contribution in [0.1, 0.15) is 17.3 Å². The molecule has 1 aliphatic heterocycles. The lowest BCUT2D eigenvalue weighted by atomic mass is 10.1. The minimum Gasteiger partial charge on any atom is -0.478 e. The Morgan fingerprint density at radius 2 is 2.38 bits per heavy atom. The van der Waals surface area contributed by atoms with Gasteiger partial charge in [-0.1, -0.05) is 6.07 Å². The van der Waals surface area contributed by atoms with Crippen LogP contribution in [0.5, 0.6) is 0 Å². The highest BCUT2D eigenvalue weighted by Crippen LogP contribution is 2.19. The number of hydrogen-bond acceptors (Lipinski definition) is 3. The number of hydrogen-bond donors (Lipinski definition) is 2. The highest BCUT2D eigenvalue weighted by atomic mass is 16.4. The first-order chi connectivity index (χ1) is 7.68. The molecule has 0 saturated carbocycles. The fourth-order valence-electron chi connectivity index (χ4n) is 2.04. The lowest BCUT2D eigenvalue weighted by Crippen LogP contribution is -2.49. The number of carboxylic acids is 1.